The number of halogens is 1. The molecule has 0 saturated heterocycles. The van der Waals surface area contributed by atoms with Gasteiger partial charge in [0.05, 0.1) is 17.2 Å². The Morgan fingerprint density at radius 1 is 1.47 bits per heavy atom. The molecule has 3 nitrogen and oxygen atoms in total. The van der Waals surface area contributed by atoms with E-state index in [2.05, 4.69) is 10.4 Å². The van der Waals surface area contributed by atoms with E-state index in [1.165, 1.54) is 0 Å². The Labute approximate surface area is 110 Å². The second kappa shape index (κ2) is 5.60. The molecule has 1 unspecified atom stereocenters. The Hall–Kier alpha value is -0.940. The molecule has 1 aromatic heterocycles. The quantitative estimate of drug-likeness (QED) is 0.662. The van der Waals surface area contributed by atoms with Gasteiger partial charge in [-0.25, -0.2) is 4.98 Å². The summed E-state index contributed by atoms with van der Waals surface area (Å²) in [5.41, 5.74) is 6.77. The number of hydrazine groups is 1. The van der Waals surface area contributed by atoms with Gasteiger partial charge >= 0.3 is 0 Å². The minimum absolute atomic E-state index is 0.0578. The summed E-state index contributed by atoms with van der Waals surface area (Å²) >= 11 is 7.76. The fraction of sp³-hybridized carbons (Fsp3) is 0.250. The summed E-state index contributed by atoms with van der Waals surface area (Å²) in [5.74, 6) is 5.62. The molecule has 3 N–H and O–H groups in total. The summed E-state index contributed by atoms with van der Waals surface area (Å²) in [6, 6.07) is 7.87. The van der Waals surface area contributed by atoms with Gasteiger partial charge < -0.3 is 0 Å². The molecule has 0 saturated carbocycles. The molecule has 0 fully saturated rings. The average Bonchev–Trinajstić information content (AvgIpc) is 2.75. The smallest absolute Gasteiger partial charge is 0.0798 e. The van der Waals surface area contributed by atoms with E-state index in [-0.39, 0.29) is 6.04 Å². The Morgan fingerprint density at radius 2 is 2.24 bits per heavy atom. The van der Waals surface area contributed by atoms with Crippen molar-refractivity contribution in [2.24, 2.45) is 5.84 Å². The van der Waals surface area contributed by atoms with Crippen LogP contribution in [0, 0.1) is 6.92 Å². The van der Waals surface area contributed by atoms with Crippen LogP contribution >= 0.6 is 22.9 Å². The van der Waals surface area contributed by atoms with Crippen molar-refractivity contribution in [3.63, 3.8) is 0 Å². The Morgan fingerprint density at radius 3 is 2.82 bits per heavy atom. The second-order valence-corrected chi connectivity index (χ2v) is 5.11. The number of rotatable bonds is 4. The van der Waals surface area contributed by atoms with E-state index in [0.717, 1.165) is 27.6 Å². The molecule has 1 heterocycles. The SMILES string of the molecule is Cc1ncsc1C(Cc1ccccc1Cl)NN. The molecule has 5 heteroatoms. The summed E-state index contributed by atoms with van der Waals surface area (Å²) in [6.07, 6.45) is 0.763. The minimum atomic E-state index is 0.0578. The van der Waals surface area contributed by atoms with Crippen molar-refractivity contribution in [3.05, 3.63) is 50.9 Å². The highest BCUT2D eigenvalue weighted by atomic mass is 35.5. The van der Waals surface area contributed by atoms with Gasteiger partial charge in [-0.15, -0.1) is 11.3 Å². The number of hydrogen-bond acceptors (Lipinski definition) is 4. The molecule has 0 radical (unpaired) electrons. The van der Waals surface area contributed by atoms with Crippen LogP contribution in [0.15, 0.2) is 29.8 Å². The van der Waals surface area contributed by atoms with Crippen LogP contribution in [0.3, 0.4) is 0 Å². The van der Waals surface area contributed by atoms with E-state index in [4.69, 9.17) is 17.4 Å². The zero-order valence-electron chi connectivity index (χ0n) is 9.48. The highest BCUT2D eigenvalue weighted by molar-refractivity contribution is 7.09. The van der Waals surface area contributed by atoms with Crippen LogP contribution in [0.4, 0.5) is 0 Å². The molecule has 0 bridgehead atoms. The van der Waals surface area contributed by atoms with Crippen LogP contribution in [0.2, 0.25) is 5.02 Å². The van der Waals surface area contributed by atoms with Crippen LogP contribution in [0.5, 0.6) is 0 Å². The largest absolute Gasteiger partial charge is 0.271 e. The third-order valence-corrected chi connectivity index (χ3v) is 4.10. The highest BCUT2D eigenvalue weighted by Gasteiger charge is 2.16. The fourth-order valence-electron chi connectivity index (χ4n) is 1.76. The number of benzene rings is 1. The van der Waals surface area contributed by atoms with Gasteiger partial charge in [0, 0.05) is 9.90 Å². The summed E-state index contributed by atoms with van der Waals surface area (Å²) < 4.78 is 0. The zero-order valence-corrected chi connectivity index (χ0v) is 11.1. The molecule has 0 aliphatic heterocycles. The first-order valence-electron chi connectivity index (χ1n) is 5.32. The van der Waals surface area contributed by atoms with Crippen LogP contribution in [-0.4, -0.2) is 4.98 Å². The molecule has 2 rings (SSSR count). The number of nitrogens with two attached hydrogens (primary N) is 1. The maximum atomic E-state index is 6.15. The monoisotopic (exact) mass is 267 g/mol. The van der Waals surface area contributed by atoms with Crippen LogP contribution < -0.4 is 11.3 Å². The molecular formula is C12H14ClN3S. The molecule has 90 valence electrons. The number of nitrogens with zero attached hydrogens (tertiary/aromatic N) is 1. The predicted molar refractivity (Wildman–Crippen MR) is 72.1 cm³/mol. The predicted octanol–water partition coefficient (Wildman–Crippen LogP) is 2.85. The van der Waals surface area contributed by atoms with Gasteiger partial charge in [0.25, 0.3) is 0 Å². The van der Waals surface area contributed by atoms with Crippen LogP contribution in [-0.2, 0) is 6.42 Å². The molecule has 0 aliphatic rings. The average molecular weight is 268 g/mol. The standard InChI is InChI=1S/C12H14ClN3S/c1-8-12(17-7-15-8)11(16-14)6-9-4-2-3-5-10(9)13/h2-5,7,11,16H,6,14H2,1H3. The molecule has 2 aromatic rings. The number of hydrogen-bond donors (Lipinski definition) is 2. The van der Waals surface area contributed by atoms with Gasteiger partial charge in [0.1, 0.15) is 0 Å². The first kappa shape index (κ1) is 12.5. The lowest BCUT2D eigenvalue weighted by molar-refractivity contribution is 0.557. The molecule has 0 amide bonds. The van der Waals surface area contributed by atoms with Crippen molar-refractivity contribution in [2.75, 3.05) is 0 Å². The lowest BCUT2D eigenvalue weighted by Crippen LogP contribution is -2.29. The van der Waals surface area contributed by atoms with Crippen molar-refractivity contribution in [1.82, 2.24) is 10.4 Å². The topological polar surface area (TPSA) is 50.9 Å². The number of thiazole rings is 1. The Bertz CT molecular complexity index is 498. The lowest BCUT2D eigenvalue weighted by atomic mass is 10.0. The fourth-order valence-corrected chi connectivity index (χ4v) is 2.83. The highest BCUT2D eigenvalue weighted by Crippen LogP contribution is 2.27. The van der Waals surface area contributed by atoms with Crippen molar-refractivity contribution in [1.29, 1.82) is 0 Å². The van der Waals surface area contributed by atoms with Gasteiger partial charge in [-0.3, -0.25) is 11.3 Å². The van der Waals surface area contributed by atoms with Gasteiger partial charge in [-0.2, -0.15) is 0 Å². The summed E-state index contributed by atoms with van der Waals surface area (Å²) in [4.78, 5) is 5.40. The van der Waals surface area contributed by atoms with Gasteiger partial charge in [0.15, 0.2) is 0 Å². The van der Waals surface area contributed by atoms with Gasteiger partial charge in [-0.05, 0) is 25.0 Å². The maximum Gasteiger partial charge on any atom is 0.0798 e. The van der Waals surface area contributed by atoms with E-state index in [1.54, 1.807) is 11.3 Å². The number of aryl methyl sites for hydroxylation is 1. The molecule has 0 aliphatic carbocycles. The zero-order chi connectivity index (χ0) is 12.3. The van der Waals surface area contributed by atoms with Crippen molar-refractivity contribution < 1.29 is 0 Å². The Balaban J connectivity index is 2.22. The minimum Gasteiger partial charge on any atom is -0.271 e. The third kappa shape index (κ3) is 2.84. The number of nitrogens with one attached hydrogen (secondary N) is 1. The summed E-state index contributed by atoms with van der Waals surface area (Å²) in [7, 11) is 0. The molecule has 1 atom stereocenters. The van der Waals surface area contributed by atoms with Crippen LogP contribution in [0.25, 0.3) is 0 Å². The van der Waals surface area contributed by atoms with Crippen molar-refractivity contribution >= 4 is 22.9 Å². The number of aromatic nitrogens is 1. The van der Waals surface area contributed by atoms with Gasteiger partial charge in [-0.1, -0.05) is 29.8 Å². The normalized spacial score (nSPS) is 12.6. The van der Waals surface area contributed by atoms with Crippen molar-refractivity contribution in [2.45, 2.75) is 19.4 Å². The van der Waals surface area contributed by atoms with E-state index >= 15 is 0 Å². The van der Waals surface area contributed by atoms with E-state index in [1.807, 2.05) is 36.7 Å². The summed E-state index contributed by atoms with van der Waals surface area (Å²) in [5, 5.41) is 0.773. The molecule has 0 spiro atoms. The molecule has 17 heavy (non-hydrogen) atoms. The summed E-state index contributed by atoms with van der Waals surface area (Å²) in [6.45, 7) is 1.99. The van der Waals surface area contributed by atoms with E-state index in [9.17, 15) is 0 Å². The maximum absolute atomic E-state index is 6.15. The second-order valence-electron chi connectivity index (χ2n) is 3.82. The molecule has 1 aromatic carbocycles. The van der Waals surface area contributed by atoms with Gasteiger partial charge in [0.2, 0.25) is 0 Å². The van der Waals surface area contributed by atoms with Crippen LogP contribution in [0.1, 0.15) is 22.2 Å². The van der Waals surface area contributed by atoms with Crippen molar-refractivity contribution in [3.8, 4) is 0 Å². The first-order chi connectivity index (χ1) is 8.22. The Kier molecular flexibility index (Phi) is 4.12. The molecular weight excluding hydrogens is 254 g/mol. The lowest BCUT2D eigenvalue weighted by Gasteiger charge is -2.15. The first-order valence-corrected chi connectivity index (χ1v) is 6.57. The van der Waals surface area contributed by atoms with E-state index in [0.29, 0.717) is 0 Å². The third-order valence-electron chi connectivity index (χ3n) is 2.68. The van der Waals surface area contributed by atoms with E-state index < -0.39 is 0 Å².